The molecule has 0 radical (unpaired) electrons. The molecule has 0 saturated heterocycles. The first-order valence-electron chi connectivity index (χ1n) is 10.3. The van der Waals surface area contributed by atoms with Crippen molar-refractivity contribution >= 4 is 0 Å². The summed E-state index contributed by atoms with van der Waals surface area (Å²) in [6.07, 6.45) is 10.7. The molecule has 2 aliphatic carbocycles. The lowest BCUT2D eigenvalue weighted by Gasteiger charge is -2.26. The molecule has 0 aliphatic heterocycles. The van der Waals surface area contributed by atoms with Gasteiger partial charge in [0.05, 0.1) is 0 Å². The largest absolute Gasteiger partial charge is 0.0996 e. The predicted octanol–water partition coefficient (Wildman–Crippen LogP) is 7.12. The van der Waals surface area contributed by atoms with Gasteiger partial charge in [0.25, 0.3) is 0 Å². The lowest BCUT2D eigenvalue weighted by atomic mass is 9.78. The minimum Gasteiger partial charge on any atom is -0.0996 e. The van der Waals surface area contributed by atoms with Gasteiger partial charge >= 0.3 is 0 Å². The molecule has 0 unspecified atom stereocenters. The van der Waals surface area contributed by atoms with Crippen LogP contribution in [0.3, 0.4) is 0 Å². The highest BCUT2D eigenvalue weighted by Crippen LogP contribution is 2.36. The summed E-state index contributed by atoms with van der Waals surface area (Å²) >= 11 is 0. The molecule has 3 rings (SSSR count). The Morgan fingerprint density at radius 1 is 0.708 bits per heavy atom. The summed E-state index contributed by atoms with van der Waals surface area (Å²) < 4.78 is 0. The van der Waals surface area contributed by atoms with Crippen molar-refractivity contribution in [2.24, 2.45) is 17.8 Å². The van der Waals surface area contributed by atoms with Crippen molar-refractivity contribution in [3.63, 3.8) is 0 Å². The van der Waals surface area contributed by atoms with Gasteiger partial charge in [-0.15, -0.1) is 0 Å². The summed E-state index contributed by atoms with van der Waals surface area (Å²) in [7, 11) is 0. The van der Waals surface area contributed by atoms with Crippen LogP contribution in [0.4, 0.5) is 0 Å². The van der Waals surface area contributed by atoms with Crippen LogP contribution in [0.15, 0.2) is 24.3 Å². The average molecular weight is 325 g/mol. The van der Waals surface area contributed by atoms with Gasteiger partial charge in [-0.05, 0) is 75.7 Å². The maximum atomic E-state index is 3.64. The molecule has 2 saturated carbocycles. The van der Waals surface area contributed by atoms with Crippen LogP contribution < -0.4 is 0 Å². The molecule has 24 heavy (non-hydrogen) atoms. The topological polar surface area (TPSA) is 0 Å². The smallest absolute Gasteiger partial charge is 0.0203 e. The second-order valence-electron chi connectivity index (χ2n) is 7.70. The standard InChI is InChI=1S/C22H30.C2H6/c1-17-3-7-19(8-4-17)9-10-20-11-15-22(16-12-20)21-13-5-18(2)6-14-21;1-2/h5-6,13-14,17,19-20,22H,3-4,7-8,11-12,15-16H2,1-2H3;1-2H3. The van der Waals surface area contributed by atoms with E-state index in [9.17, 15) is 0 Å². The van der Waals surface area contributed by atoms with Crippen LogP contribution in [0.25, 0.3) is 0 Å². The molecule has 0 atom stereocenters. The second-order valence-corrected chi connectivity index (χ2v) is 7.70. The molecule has 0 amide bonds. The molecule has 2 fully saturated rings. The zero-order chi connectivity index (χ0) is 17.4. The predicted molar refractivity (Wildman–Crippen MR) is 106 cm³/mol. The quantitative estimate of drug-likeness (QED) is 0.482. The highest BCUT2D eigenvalue weighted by Gasteiger charge is 2.21. The van der Waals surface area contributed by atoms with E-state index in [1.54, 1.807) is 5.56 Å². The van der Waals surface area contributed by atoms with E-state index in [0.717, 1.165) is 11.8 Å². The zero-order valence-electron chi connectivity index (χ0n) is 16.3. The monoisotopic (exact) mass is 324 g/mol. The van der Waals surface area contributed by atoms with Gasteiger partial charge < -0.3 is 0 Å². The lowest BCUT2D eigenvalue weighted by Crippen LogP contribution is -2.13. The van der Waals surface area contributed by atoms with E-state index in [0.29, 0.717) is 11.8 Å². The van der Waals surface area contributed by atoms with Gasteiger partial charge in [0.2, 0.25) is 0 Å². The van der Waals surface area contributed by atoms with Gasteiger partial charge in [0.15, 0.2) is 0 Å². The molecule has 0 nitrogen and oxygen atoms in total. The normalized spacial score (nSPS) is 29.7. The van der Waals surface area contributed by atoms with Crippen molar-refractivity contribution in [3.05, 3.63) is 35.4 Å². The van der Waals surface area contributed by atoms with E-state index in [1.807, 2.05) is 13.8 Å². The number of benzene rings is 1. The fourth-order valence-electron chi connectivity index (χ4n) is 4.05. The minimum absolute atomic E-state index is 0.668. The van der Waals surface area contributed by atoms with E-state index in [-0.39, 0.29) is 0 Å². The van der Waals surface area contributed by atoms with E-state index in [1.165, 1.54) is 56.9 Å². The second kappa shape index (κ2) is 9.93. The Hall–Kier alpha value is -1.22. The average Bonchev–Trinajstić information content (AvgIpc) is 2.64. The first kappa shape index (κ1) is 19.1. The molecule has 0 heteroatoms. The van der Waals surface area contributed by atoms with Gasteiger partial charge in [0.1, 0.15) is 0 Å². The van der Waals surface area contributed by atoms with Crippen LogP contribution in [0, 0.1) is 36.5 Å². The molecule has 0 N–H and O–H groups in total. The molecule has 0 heterocycles. The molecule has 1 aromatic carbocycles. The van der Waals surface area contributed by atoms with Crippen LogP contribution in [0.1, 0.15) is 89.2 Å². The summed E-state index contributed by atoms with van der Waals surface area (Å²) in [5.41, 5.74) is 2.91. The van der Waals surface area contributed by atoms with E-state index >= 15 is 0 Å². The lowest BCUT2D eigenvalue weighted by molar-refractivity contribution is 0.336. The van der Waals surface area contributed by atoms with Gasteiger partial charge in [-0.3, -0.25) is 0 Å². The van der Waals surface area contributed by atoms with E-state index in [2.05, 4.69) is 50.0 Å². The third kappa shape index (κ3) is 5.70. The van der Waals surface area contributed by atoms with Crippen LogP contribution in [0.2, 0.25) is 0 Å². The maximum Gasteiger partial charge on any atom is 0.0203 e. The Morgan fingerprint density at radius 3 is 1.67 bits per heavy atom. The molecular formula is C24H36. The maximum absolute atomic E-state index is 3.64. The molecule has 132 valence electrons. The first-order chi connectivity index (χ1) is 11.7. The first-order valence-corrected chi connectivity index (χ1v) is 10.3. The fraction of sp³-hybridized carbons (Fsp3) is 0.667. The third-order valence-corrected chi connectivity index (χ3v) is 5.78. The number of aryl methyl sites for hydroxylation is 1. The van der Waals surface area contributed by atoms with Crippen LogP contribution in [0.5, 0.6) is 0 Å². The van der Waals surface area contributed by atoms with Crippen LogP contribution in [-0.4, -0.2) is 0 Å². The SMILES string of the molecule is CC.Cc1ccc(C2CCC(C#CC3CCC(C)CC3)CC2)cc1. The Bertz CT molecular complexity index is 511. The van der Waals surface area contributed by atoms with Crippen molar-refractivity contribution in [1.29, 1.82) is 0 Å². The van der Waals surface area contributed by atoms with Gasteiger partial charge in [0, 0.05) is 11.8 Å². The highest BCUT2D eigenvalue weighted by atomic mass is 14.3. The van der Waals surface area contributed by atoms with Gasteiger partial charge in [-0.2, -0.15) is 0 Å². The van der Waals surface area contributed by atoms with Crippen molar-refractivity contribution in [3.8, 4) is 11.8 Å². The Kier molecular flexibility index (Phi) is 7.90. The number of hydrogen-bond acceptors (Lipinski definition) is 0. The Labute approximate surface area is 150 Å². The fourth-order valence-corrected chi connectivity index (χ4v) is 4.05. The van der Waals surface area contributed by atoms with Crippen molar-refractivity contribution in [1.82, 2.24) is 0 Å². The molecular weight excluding hydrogens is 288 g/mol. The summed E-state index contributed by atoms with van der Waals surface area (Å²) in [6.45, 7) is 8.55. The van der Waals surface area contributed by atoms with E-state index in [4.69, 9.17) is 0 Å². The zero-order valence-corrected chi connectivity index (χ0v) is 16.3. The molecule has 2 aliphatic rings. The summed E-state index contributed by atoms with van der Waals surface area (Å²) in [5, 5.41) is 0. The molecule has 0 bridgehead atoms. The number of hydrogen-bond donors (Lipinski definition) is 0. The van der Waals surface area contributed by atoms with Crippen LogP contribution in [-0.2, 0) is 0 Å². The summed E-state index contributed by atoms with van der Waals surface area (Å²) in [5.74, 6) is 10.3. The molecule has 0 spiro atoms. The number of rotatable bonds is 1. The highest BCUT2D eigenvalue weighted by molar-refractivity contribution is 5.25. The molecule has 1 aromatic rings. The molecule has 0 aromatic heterocycles. The summed E-state index contributed by atoms with van der Waals surface area (Å²) in [6, 6.07) is 9.17. The van der Waals surface area contributed by atoms with Crippen molar-refractivity contribution < 1.29 is 0 Å². The minimum atomic E-state index is 0.668. The van der Waals surface area contributed by atoms with Gasteiger partial charge in [-0.1, -0.05) is 62.4 Å². The Morgan fingerprint density at radius 2 is 1.17 bits per heavy atom. The van der Waals surface area contributed by atoms with Gasteiger partial charge in [-0.25, -0.2) is 0 Å². The third-order valence-electron chi connectivity index (χ3n) is 5.78. The van der Waals surface area contributed by atoms with Crippen molar-refractivity contribution in [2.75, 3.05) is 0 Å². The van der Waals surface area contributed by atoms with Crippen LogP contribution >= 0.6 is 0 Å². The Balaban J connectivity index is 0.00000100. The van der Waals surface area contributed by atoms with Crippen molar-refractivity contribution in [2.45, 2.75) is 85.0 Å². The summed E-state index contributed by atoms with van der Waals surface area (Å²) in [4.78, 5) is 0. The van der Waals surface area contributed by atoms with E-state index < -0.39 is 0 Å².